The lowest BCUT2D eigenvalue weighted by Gasteiger charge is -2.28. The van der Waals surface area contributed by atoms with Gasteiger partial charge in [-0.2, -0.15) is 0 Å². The standard InChI is InChI=1S/C56H38N2/c1-3-16-39(17-4-1)42-36-43(38-46(37-42)58-54-28-13-11-25-52(54)53-26-12-14-29-55(53)58)40-30-32-45(33-31-40)57(44-20-5-2-6-21-44)56-35-34-50(49-23-9-10-24-51(49)56)48-27-15-19-41-18-7-8-22-47(41)48/h1-38H. The van der Waals surface area contributed by atoms with Crippen LogP contribution < -0.4 is 4.90 Å². The van der Waals surface area contributed by atoms with Gasteiger partial charge in [0.25, 0.3) is 0 Å². The van der Waals surface area contributed by atoms with E-state index in [0.29, 0.717) is 0 Å². The van der Waals surface area contributed by atoms with Crippen LogP contribution in [0.25, 0.3) is 82.4 Å². The Labute approximate surface area is 338 Å². The van der Waals surface area contributed by atoms with Gasteiger partial charge >= 0.3 is 0 Å². The van der Waals surface area contributed by atoms with Crippen LogP contribution in [0.4, 0.5) is 17.1 Å². The molecule has 0 saturated heterocycles. The molecule has 0 unspecified atom stereocenters. The average Bonchev–Trinajstić information content (AvgIpc) is 3.64. The quantitative estimate of drug-likeness (QED) is 0.158. The van der Waals surface area contributed by atoms with E-state index in [2.05, 4.69) is 240 Å². The first-order chi connectivity index (χ1) is 28.8. The summed E-state index contributed by atoms with van der Waals surface area (Å²) in [5, 5.41) is 7.45. The van der Waals surface area contributed by atoms with Crippen LogP contribution in [0.3, 0.4) is 0 Å². The molecule has 0 spiro atoms. The van der Waals surface area contributed by atoms with Gasteiger partial charge in [0.15, 0.2) is 0 Å². The number of rotatable bonds is 7. The van der Waals surface area contributed by atoms with Gasteiger partial charge in [-0.25, -0.2) is 0 Å². The molecule has 0 fully saturated rings. The molecular formula is C56H38N2. The highest BCUT2D eigenvalue weighted by atomic mass is 15.1. The van der Waals surface area contributed by atoms with E-state index in [1.807, 2.05) is 0 Å². The predicted octanol–water partition coefficient (Wildman–Crippen LogP) is 15.6. The summed E-state index contributed by atoms with van der Waals surface area (Å²) >= 11 is 0. The van der Waals surface area contributed by atoms with Gasteiger partial charge in [0, 0.05) is 33.2 Å². The first-order valence-electron chi connectivity index (χ1n) is 19.9. The van der Waals surface area contributed by atoms with Crippen LogP contribution in [-0.2, 0) is 0 Å². The molecular weight excluding hydrogens is 701 g/mol. The third kappa shape index (κ3) is 5.74. The molecule has 0 saturated carbocycles. The van der Waals surface area contributed by atoms with Crippen molar-refractivity contribution in [3.8, 4) is 39.1 Å². The van der Waals surface area contributed by atoms with Gasteiger partial charge in [0.05, 0.1) is 16.7 Å². The Hall–Kier alpha value is -7.68. The van der Waals surface area contributed by atoms with E-state index in [4.69, 9.17) is 0 Å². The Morgan fingerprint density at radius 2 is 0.793 bits per heavy atom. The minimum atomic E-state index is 1.10. The zero-order valence-electron chi connectivity index (χ0n) is 31.8. The topological polar surface area (TPSA) is 8.17 Å². The summed E-state index contributed by atoms with van der Waals surface area (Å²) in [5.41, 5.74) is 14.1. The van der Waals surface area contributed by atoms with Gasteiger partial charge in [0.2, 0.25) is 0 Å². The van der Waals surface area contributed by atoms with Gasteiger partial charge in [-0.1, -0.05) is 170 Å². The molecule has 10 aromatic carbocycles. The van der Waals surface area contributed by atoms with Gasteiger partial charge < -0.3 is 9.47 Å². The van der Waals surface area contributed by atoms with Crippen molar-refractivity contribution in [1.82, 2.24) is 4.57 Å². The molecule has 2 heteroatoms. The van der Waals surface area contributed by atoms with E-state index in [9.17, 15) is 0 Å². The predicted molar refractivity (Wildman–Crippen MR) is 247 cm³/mol. The molecule has 0 aliphatic carbocycles. The molecule has 11 rings (SSSR count). The van der Waals surface area contributed by atoms with Gasteiger partial charge in [-0.3, -0.25) is 0 Å². The summed E-state index contributed by atoms with van der Waals surface area (Å²) in [7, 11) is 0. The summed E-state index contributed by atoms with van der Waals surface area (Å²) in [4.78, 5) is 2.39. The van der Waals surface area contributed by atoms with E-state index >= 15 is 0 Å². The first-order valence-corrected chi connectivity index (χ1v) is 19.9. The van der Waals surface area contributed by atoms with Crippen LogP contribution in [-0.4, -0.2) is 4.57 Å². The second-order valence-corrected chi connectivity index (χ2v) is 14.9. The van der Waals surface area contributed by atoms with Gasteiger partial charge in [-0.15, -0.1) is 0 Å². The molecule has 11 aromatic rings. The number of nitrogens with zero attached hydrogens (tertiary/aromatic N) is 2. The van der Waals surface area contributed by atoms with Crippen LogP contribution in [0.1, 0.15) is 0 Å². The SMILES string of the molecule is c1ccc(-c2cc(-c3ccc(N(c4ccccc4)c4ccc(-c5cccc6ccccc56)c5ccccc45)cc3)cc(-n3c4ccccc4c4ccccc43)c2)cc1. The van der Waals surface area contributed by atoms with Crippen molar-refractivity contribution in [3.05, 3.63) is 231 Å². The van der Waals surface area contributed by atoms with E-state index < -0.39 is 0 Å². The fourth-order valence-corrected chi connectivity index (χ4v) is 8.89. The number of benzene rings is 10. The largest absolute Gasteiger partial charge is 0.310 e. The van der Waals surface area contributed by atoms with Crippen LogP contribution in [0, 0.1) is 0 Å². The zero-order valence-corrected chi connectivity index (χ0v) is 31.8. The lowest BCUT2D eigenvalue weighted by atomic mass is 9.93. The highest BCUT2D eigenvalue weighted by Gasteiger charge is 2.19. The third-order valence-electron chi connectivity index (χ3n) is 11.6. The number of aromatic nitrogens is 1. The summed E-state index contributed by atoms with van der Waals surface area (Å²) < 4.78 is 2.42. The summed E-state index contributed by atoms with van der Waals surface area (Å²) in [6.45, 7) is 0. The summed E-state index contributed by atoms with van der Waals surface area (Å²) in [6, 6.07) is 83.7. The van der Waals surface area contributed by atoms with E-state index in [1.54, 1.807) is 0 Å². The number of hydrogen-bond donors (Lipinski definition) is 0. The maximum atomic E-state index is 2.42. The second-order valence-electron chi connectivity index (χ2n) is 14.9. The molecule has 1 aromatic heterocycles. The van der Waals surface area contributed by atoms with E-state index in [-0.39, 0.29) is 0 Å². The minimum Gasteiger partial charge on any atom is -0.310 e. The van der Waals surface area contributed by atoms with Crippen molar-refractivity contribution in [2.45, 2.75) is 0 Å². The van der Waals surface area contributed by atoms with Crippen molar-refractivity contribution in [3.63, 3.8) is 0 Å². The molecule has 0 bridgehead atoms. The number of para-hydroxylation sites is 3. The molecule has 58 heavy (non-hydrogen) atoms. The van der Waals surface area contributed by atoms with Crippen molar-refractivity contribution >= 4 is 60.4 Å². The summed E-state index contributed by atoms with van der Waals surface area (Å²) in [6.07, 6.45) is 0. The van der Waals surface area contributed by atoms with Crippen LogP contribution in [0.15, 0.2) is 231 Å². The molecule has 0 N–H and O–H groups in total. The Bertz CT molecular complexity index is 3210. The Morgan fingerprint density at radius 3 is 1.48 bits per heavy atom. The maximum Gasteiger partial charge on any atom is 0.0541 e. The van der Waals surface area contributed by atoms with Crippen LogP contribution >= 0.6 is 0 Å². The second kappa shape index (κ2) is 14.1. The molecule has 0 atom stereocenters. The molecule has 0 aliphatic rings. The average molecular weight is 739 g/mol. The van der Waals surface area contributed by atoms with E-state index in [0.717, 1.165) is 28.3 Å². The molecule has 1 heterocycles. The maximum absolute atomic E-state index is 2.42. The number of hydrogen-bond acceptors (Lipinski definition) is 1. The smallest absolute Gasteiger partial charge is 0.0541 e. The molecule has 272 valence electrons. The van der Waals surface area contributed by atoms with Crippen LogP contribution in [0.2, 0.25) is 0 Å². The third-order valence-corrected chi connectivity index (χ3v) is 11.6. The number of fused-ring (bicyclic) bond motifs is 5. The monoisotopic (exact) mass is 738 g/mol. The molecule has 0 amide bonds. The number of anilines is 3. The zero-order chi connectivity index (χ0) is 38.4. The minimum absolute atomic E-state index is 1.10. The fraction of sp³-hybridized carbons (Fsp3) is 0. The van der Waals surface area contributed by atoms with Crippen molar-refractivity contribution in [2.75, 3.05) is 4.90 Å². The molecule has 0 radical (unpaired) electrons. The summed E-state index contributed by atoms with van der Waals surface area (Å²) in [5.74, 6) is 0. The lowest BCUT2D eigenvalue weighted by Crippen LogP contribution is -2.10. The normalized spacial score (nSPS) is 11.4. The molecule has 2 nitrogen and oxygen atoms in total. The fourth-order valence-electron chi connectivity index (χ4n) is 8.89. The van der Waals surface area contributed by atoms with E-state index in [1.165, 1.54) is 71.2 Å². The Morgan fingerprint density at radius 1 is 0.293 bits per heavy atom. The van der Waals surface area contributed by atoms with Crippen LogP contribution in [0.5, 0.6) is 0 Å². The van der Waals surface area contributed by atoms with Crippen molar-refractivity contribution in [1.29, 1.82) is 0 Å². The first kappa shape index (κ1) is 33.6. The Balaban J connectivity index is 1.06. The van der Waals surface area contributed by atoms with Crippen molar-refractivity contribution in [2.24, 2.45) is 0 Å². The Kier molecular flexibility index (Phi) is 8.19. The van der Waals surface area contributed by atoms with Gasteiger partial charge in [-0.05, 0) is 110 Å². The highest BCUT2D eigenvalue weighted by Crippen LogP contribution is 2.44. The molecule has 0 aliphatic heterocycles. The van der Waals surface area contributed by atoms with Gasteiger partial charge in [0.1, 0.15) is 0 Å². The van der Waals surface area contributed by atoms with Crippen molar-refractivity contribution < 1.29 is 0 Å². The lowest BCUT2D eigenvalue weighted by molar-refractivity contribution is 1.18. The highest BCUT2D eigenvalue weighted by molar-refractivity contribution is 6.11.